The van der Waals surface area contributed by atoms with Crippen LogP contribution in [0.4, 0.5) is 0 Å². The summed E-state index contributed by atoms with van der Waals surface area (Å²) in [4.78, 5) is 11.3. The van der Waals surface area contributed by atoms with Gasteiger partial charge in [-0.2, -0.15) is 0 Å². The van der Waals surface area contributed by atoms with Crippen LogP contribution < -0.4 is 0 Å². The third-order valence-electron chi connectivity index (χ3n) is 1.63. The summed E-state index contributed by atoms with van der Waals surface area (Å²) in [6.45, 7) is 0. The molecule has 0 aliphatic rings. The molecule has 0 aliphatic heterocycles. The molecule has 0 spiro atoms. The van der Waals surface area contributed by atoms with Gasteiger partial charge < -0.3 is 5.11 Å². The number of aliphatic carboxylic acids is 1. The lowest BCUT2D eigenvalue weighted by Crippen LogP contribution is -2.01. The molecule has 1 N–H and O–H groups in total. The van der Waals surface area contributed by atoms with Crippen LogP contribution >= 0.6 is 11.3 Å². The van der Waals surface area contributed by atoms with E-state index in [1.165, 1.54) is 11.3 Å². The summed E-state index contributed by atoms with van der Waals surface area (Å²) in [6.07, 6.45) is -0.170. The summed E-state index contributed by atoms with van der Waals surface area (Å²) in [7, 11) is 0. The number of carbonyl (C=O) groups is 1. The normalized spacial score (nSPS) is 10.3. The van der Waals surface area contributed by atoms with Crippen LogP contribution in [0.2, 0.25) is 0 Å². The number of nitrogens with zero attached hydrogens (tertiary/aromatic N) is 2. The molecule has 2 aromatic heterocycles. The smallest absolute Gasteiger partial charge is 0.309 e. The molecule has 0 atom stereocenters. The summed E-state index contributed by atoms with van der Waals surface area (Å²) in [5.41, 5.74) is 0.877. The van der Waals surface area contributed by atoms with E-state index in [1.807, 2.05) is 17.5 Å². The van der Waals surface area contributed by atoms with Crippen LogP contribution in [-0.2, 0) is 11.2 Å². The zero-order valence-corrected chi connectivity index (χ0v) is 7.82. The van der Waals surface area contributed by atoms with Crippen LogP contribution in [-0.4, -0.2) is 21.4 Å². The number of carboxylic acids is 1. The predicted molar refractivity (Wildman–Crippen MR) is 49.0 cm³/mol. The lowest BCUT2D eigenvalue weighted by Gasteiger charge is -1.91. The molecule has 0 aliphatic carbocycles. The van der Waals surface area contributed by atoms with Crippen molar-refractivity contribution in [1.29, 1.82) is 0 Å². The molecule has 5 nitrogen and oxygen atoms in total. The molecule has 6 heteroatoms. The average Bonchev–Trinajstić information content (AvgIpc) is 2.70. The Morgan fingerprint density at radius 3 is 3.07 bits per heavy atom. The van der Waals surface area contributed by atoms with Crippen molar-refractivity contribution in [2.45, 2.75) is 6.42 Å². The predicted octanol–water partition coefficient (Wildman–Crippen LogP) is 1.43. The molecular formula is C8H6N2O3S. The Morgan fingerprint density at radius 2 is 2.43 bits per heavy atom. The molecular weight excluding hydrogens is 204 g/mol. The Labute approximate surface area is 83.0 Å². The second-order valence-electron chi connectivity index (χ2n) is 2.61. The fourth-order valence-electron chi connectivity index (χ4n) is 1.07. The number of thiophene rings is 1. The Kier molecular flexibility index (Phi) is 2.28. The third kappa shape index (κ3) is 1.64. The Morgan fingerprint density at radius 1 is 1.57 bits per heavy atom. The van der Waals surface area contributed by atoms with Crippen molar-refractivity contribution in [3.63, 3.8) is 0 Å². The first-order valence-corrected chi connectivity index (χ1v) is 4.72. The molecule has 0 amide bonds. The summed E-state index contributed by atoms with van der Waals surface area (Å²) in [5.74, 6) is -0.946. The number of hydrogen-bond acceptors (Lipinski definition) is 5. The first-order chi connectivity index (χ1) is 6.77. The highest BCUT2D eigenvalue weighted by Gasteiger charge is 2.15. The Balaban J connectivity index is 2.35. The third-order valence-corrected chi connectivity index (χ3v) is 2.51. The van der Waals surface area contributed by atoms with E-state index in [-0.39, 0.29) is 6.42 Å². The summed E-state index contributed by atoms with van der Waals surface area (Å²) in [5, 5.41) is 17.7. The minimum absolute atomic E-state index is 0.170. The van der Waals surface area contributed by atoms with Crippen molar-refractivity contribution in [3.8, 4) is 10.6 Å². The fraction of sp³-hybridized carbons (Fsp3) is 0.125. The van der Waals surface area contributed by atoms with Crippen LogP contribution in [0.3, 0.4) is 0 Å². The minimum Gasteiger partial charge on any atom is -0.481 e. The summed E-state index contributed by atoms with van der Waals surface area (Å²) < 4.78 is 4.51. The number of hydrogen-bond donors (Lipinski definition) is 1. The van der Waals surface area contributed by atoms with Gasteiger partial charge in [-0.3, -0.25) is 4.79 Å². The van der Waals surface area contributed by atoms with Gasteiger partial charge in [0.25, 0.3) is 0 Å². The fourth-order valence-corrected chi connectivity index (χ4v) is 1.79. The lowest BCUT2D eigenvalue weighted by atomic mass is 10.2. The Bertz CT molecular complexity index is 435. The van der Waals surface area contributed by atoms with Gasteiger partial charge >= 0.3 is 5.97 Å². The van der Waals surface area contributed by atoms with Crippen molar-refractivity contribution >= 4 is 17.3 Å². The van der Waals surface area contributed by atoms with Crippen molar-refractivity contribution in [1.82, 2.24) is 10.3 Å². The molecule has 14 heavy (non-hydrogen) atoms. The summed E-state index contributed by atoms with van der Waals surface area (Å²) >= 11 is 1.47. The molecule has 0 aromatic carbocycles. The maximum atomic E-state index is 10.5. The first kappa shape index (κ1) is 8.89. The number of rotatable bonds is 3. The van der Waals surface area contributed by atoms with Gasteiger partial charge in [-0.15, -0.1) is 11.3 Å². The van der Waals surface area contributed by atoms with E-state index in [4.69, 9.17) is 5.11 Å². The largest absolute Gasteiger partial charge is 0.481 e. The maximum absolute atomic E-state index is 10.5. The maximum Gasteiger partial charge on any atom is 0.309 e. The van der Waals surface area contributed by atoms with Gasteiger partial charge in [0, 0.05) is 0 Å². The van der Waals surface area contributed by atoms with Crippen LogP contribution in [0.1, 0.15) is 5.69 Å². The van der Waals surface area contributed by atoms with Gasteiger partial charge in [-0.1, -0.05) is 11.2 Å². The molecule has 0 radical (unpaired) electrons. The van der Waals surface area contributed by atoms with Gasteiger partial charge in [0.2, 0.25) is 0 Å². The van der Waals surface area contributed by atoms with E-state index in [9.17, 15) is 4.79 Å². The van der Waals surface area contributed by atoms with E-state index in [0.29, 0.717) is 11.4 Å². The molecule has 72 valence electrons. The van der Waals surface area contributed by atoms with Crippen LogP contribution in [0.25, 0.3) is 10.6 Å². The first-order valence-electron chi connectivity index (χ1n) is 3.84. The molecule has 2 rings (SSSR count). The second kappa shape index (κ2) is 3.59. The number of aromatic nitrogens is 2. The minimum atomic E-state index is -0.946. The molecule has 2 heterocycles. The van der Waals surface area contributed by atoms with Crippen LogP contribution in [0, 0.1) is 0 Å². The highest BCUT2D eigenvalue weighted by molar-refractivity contribution is 7.13. The van der Waals surface area contributed by atoms with E-state index < -0.39 is 5.97 Å². The van der Waals surface area contributed by atoms with Gasteiger partial charge in [0.15, 0.2) is 0 Å². The van der Waals surface area contributed by atoms with Crippen molar-refractivity contribution in [2.24, 2.45) is 0 Å². The Hall–Kier alpha value is -1.69. The standard InChI is InChI=1S/C8H6N2O3S/c11-7(12)4-5-8(10-13-9-5)6-2-1-3-14-6/h1-3H,4H2,(H,11,12). The van der Waals surface area contributed by atoms with Crippen molar-refractivity contribution < 1.29 is 14.5 Å². The van der Waals surface area contributed by atoms with E-state index in [1.54, 1.807) is 0 Å². The van der Waals surface area contributed by atoms with Gasteiger partial charge in [-0.25, -0.2) is 4.63 Å². The van der Waals surface area contributed by atoms with E-state index >= 15 is 0 Å². The molecule has 0 unspecified atom stereocenters. The zero-order chi connectivity index (χ0) is 9.97. The highest BCUT2D eigenvalue weighted by atomic mass is 32.1. The van der Waals surface area contributed by atoms with E-state index in [2.05, 4.69) is 14.9 Å². The molecule has 0 bridgehead atoms. The highest BCUT2D eigenvalue weighted by Crippen LogP contribution is 2.25. The molecule has 2 aromatic rings. The molecule has 0 saturated heterocycles. The quantitative estimate of drug-likeness (QED) is 0.829. The van der Waals surface area contributed by atoms with Crippen LogP contribution in [0.15, 0.2) is 22.1 Å². The lowest BCUT2D eigenvalue weighted by molar-refractivity contribution is -0.136. The van der Waals surface area contributed by atoms with Gasteiger partial charge in [-0.05, 0) is 16.6 Å². The van der Waals surface area contributed by atoms with Gasteiger partial charge in [0.1, 0.15) is 11.4 Å². The van der Waals surface area contributed by atoms with E-state index in [0.717, 1.165) is 4.88 Å². The number of carboxylic acid groups (broad SMARTS) is 1. The van der Waals surface area contributed by atoms with Crippen molar-refractivity contribution in [2.75, 3.05) is 0 Å². The van der Waals surface area contributed by atoms with Crippen molar-refractivity contribution in [3.05, 3.63) is 23.2 Å². The monoisotopic (exact) mass is 210 g/mol. The average molecular weight is 210 g/mol. The second-order valence-corrected chi connectivity index (χ2v) is 3.56. The zero-order valence-electron chi connectivity index (χ0n) is 7.01. The van der Waals surface area contributed by atoms with Gasteiger partial charge in [0.05, 0.1) is 11.3 Å². The molecule has 0 fully saturated rings. The summed E-state index contributed by atoms with van der Waals surface area (Å²) in [6, 6.07) is 3.70. The SMILES string of the molecule is O=C(O)Cc1nonc1-c1cccs1. The molecule has 0 saturated carbocycles. The topological polar surface area (TPSA) is 76.2 Å². The van der Waals surface area contributed by atoms with Crippen LogP contribution in [0.5, 0.6) is 0 Å².